The average molecular weight is 246 g/mol. The summed E-state index contributed by atoms with van der Waals surface area (Å²) in [5.74, 6) is -0.930. The van der Waals surface area contributed by atoms with E-state index in [1.807, 2.05) is 27.7 Å². The Morgan fingerprint density at radius 1 is 0.706 bits per heavy atom. The van der Waals surface area contributed by atoms with Crippen LogP contribution in [-0.2, 0) is 14.2 Å². The third-order valence-electron chi connectivity index (χ3n) is 2.97. The van der Waals surface area contributed by atoms with Crippen molar-refractivity contribution in [3.05, 3.63) is 0 Å². The standard InChI is InChI=1S/C14H30O3/c1-8-11(4)15-14(7,16-12(5)9-2)17-13(6)10-3/h11-13H,8-10H2,1-7H3. The van der Waals surface area contributed by atoms with E-state index in [4.69, 9.17) is 14.2 Å². The Morgan fingerprint density at radius 2 is 0.941 bits per heavy atom. The summed E-state index contributed by atoms with van der Waals surface area (Å²) in [7, 11) is 0. The smallest absolute Gasteiger partial charge is 0.280 e. The van der Waals surface area contributed by atoms with Crippen molar-refractivity contribution in [2.45, 2.75) is 92.0 Å². The highest BCUT2D eigenvalue weighted by atomic mass is 16.9. The summed E-state index contributed by atoms with van der Waals surface area (Å²) in [6, 6.07) is 0. The summed E-state index contributed by atoms with van der Waals surface area (Å²) in [5.41, 5.74) is 0. The Hall–Kier alpha value is -0.120. The molecule has 0 aromatic heterocycles. The lowest BCUT2D eigenvalue weighted by Gasteiger charge is -2.36. The Bertz CT molecular complexity index is 163. The van der Waals surface area contributed by atoms with Crippen LogP contribution in [0.1, 0.15) is 67.7 Å². The molecule has 0 rings (SSSR count). The molecule has 3 unspecified atom stereocenters. The maximum Gasteiger partial charge on any atom is 0.280 e. The van der Waals surface area contributed by atoms with E-state index in [0.717, 1.165) is 19.3 Å². The van der Waals surface area contributed by atoms with Crippen molar-refractivity contribution in [2.24, 2.45) is 0 Å². The van der Waals surface area contributed by atoms with Gasteiger partial charge in [0.2, 0.25) is 0 Å². The van der Waals surface area contributed by atoms with Crippen LogP contribution in [0.5, 0.6) is 0 Å². The zero-order valence-corrected chi connectivity index (χ0v) is 12.6. The van der Waals surface area contributed by atoms with E-state index in [2.05, 4.69) is 20.8 Å². The van der Waals surface area contributed by atoms with Gasteiger partial charge >= 0.3 is 0 Å². The first-order valence-electron chi connectivity index (χ1n) is 6.90. The zero-order chi connectivity index (χ0) is 13.5. The first kappa shape index (κ1) is 16.9. The summed E-state index contributed by atoms with van der Waals surface area (Å²) < 4.78 is 17.7. The predicted molar refractivity (Wildman–Crippen MR) is 70.9 cm³/mol. The molecular formula is C14H30O3. The first-order valence-corrected chi connectivity index (χ1v) is 6.90. The minimum atomic E-state index is -0.930. The van der Waals surface area contributed by atoms with Crippen molar-refractivity contribution in [1.82, 2.24) is 0 Å². The van der Waals surface area contributed by atoms with Crippen LogP contribution in [0.15, 0.2) is 0 Å². The van der Waals surface area contributed by atoms with Crippen molar-refractivity contribution >= 4 is 0 Å². The molecule has 0 aliphatic rings. The van der Waals surface area contributed by atoms with Gasteiger partial charge < -0.3 is 14.2 Å². The molecule has 104 valence electrons. The van der Waals surface area contributed by atoms with Gasteiger partial charge in [0.05, 0.1) is 18.3 Å². The van der Waals surface area contributed by atoms with Crippen LogP contribution in [0.25, 0.3) is 0 Å². The molecule has 17 heavy (non-hydrogen) atoms. The third-order valence-corrected chi connectivity index (χ3v) is 2.97. The van der Waals surface area contributed by atoms with Gasteiger partial charge in [0, 0.05) is 6.92 Å². The molecule has 0 aliphatic heterocycles. The van der Waals surface area contributed by atoms with E-state index in [0.29, 0.717) is 0 Å². The van der Waals surface area contributed by atoms with Gasteiger partial charge in [-0.15, -0.1) is 0 Å². The molecule has 0 aliphatic carbocycles. The summed E-state index contributed by atoms with van der Waals surface area (Å²) in [5, 5.41) is 0. The molecule has 3 heteroatoms. The topological polar surface area (TPSA) is 27.7 Å². The molecule has 0 saturated carbocycles. The van der Waals surface area contributed by atoms with Gasteiger partial charge in [-0.05, 0) is 40.0 Å². The van der Waals surface area contributed by atoms with Crippen molar-refractivity contribution in [3.8, 4) is 0 Å². The van der Waals surface area contributed by atoms with E-state index in [1.165, 1.54) is 0 Å². The second kappa shape index (κ2) is 8.06. The fourth-order valence-electron chi connectivity index (χ4n) is 1.43. The van der Waals surface area contributed by atoms with Crippen LogP contribution in [0.4, 0.5) is 0 Å². The monoisotopic (exact) mass is 246 g/mol. The van der Waals surface area contributed by atoms with E-state index in [1.54, 1.807) is 0 Å². The van der Waals surface area contributed by atoms with E-state index in [-0.39, 0.29) is 18.3 Å². The highest BCUT2D eigenvalue weighted by molar-refractivity contribution is 4.60. The molecule has 0 radical (unpaired) electrons. The predicted octanol–water partition coefficient (Wildman–Crippen LogP) is 4.11. The van der Waals surface area contributed by atoms with Crippen molar-refractivity contribution < 1.29 is 14.2 Å². The minimum absolute atomic E-state index is 0.133. The molecule has 3 atom stereocenters. The maximum absolute atomic E-state index is 5.89. The third kappa shape index (κ3) is 7.02. The highest BCUT2D eigenvalue weighted by Gasteiger charge is 2.32. The van der Waals surface area contributed by atoms with Crippen LogP contribution in [0, 0.1) is 0 Å². The van der Waals surface area contributed by atoms with Gasteiger partial charge in [-0.3, -0.25) is 0 Å². The van der Waals surface area contributed by atoms with Crippen molar-refractivity contribution in [3.63, 3.8) is 0 Å². The summed E-state index contributed by atoms with van der Waals surface area (Å²) in [4.78, 5) is 0. The van der Waals surface area contributed by atoms with Gasteiger partial charge in [-0.1, -0.05) is 20.8 Å². The molecule has 0 aromatic rings. The van der Waals surface area contributed by atoms with Crippen LogP contribution >= 0.6 is 0 Å². The Morgan fingerprint density at radius 3 is 1.12 bits per heavy atom. The van der Waals surface area contributed by atoms with E-state index in [9.17, 15) is 0 Å². The van der Waals surface area contributed by atoms with Crippen LogP contribution in [0.3, 0.4) is 0 Å². The number of rotatable bonds is 9. The summed E-state index contributed by atoms with van der Waals surface area (Å²) in [6.07, 6.45) is 3.24. The van der Waals surface area contributed by atoms with Gasteiger partial charge in [0.25, 0.3) is 5.97 Å². The van der Waals surface area contributed by atoms with E-state index < -0.39 is 5.97 Å². The molecule has 0 spiro atoms. The maximum atomic E-state index is 5.89. The highest BCUT2D eigenvalue weighted by Crippen LogP contribution is 2.23. The van der Waals surface area contributed by atoms with Gasteiger partial charge in [-0.25, -0.2) is 0 Å². The second-order valence-electron chi connectivity index (χ2n) is 4.87. The lowest BCUT2D eigenvalue weighted by Crippen LogP contribution is -2.43. The first-order chi connectivity index (χ1) is 7.86. The lowest BCUT2D eigenvalue weighted by atomic mass is 10.3. The lowest BCUT2D eigenvalue weighted by molar-refractivity contribution is -0.404. The van der Waals surface area contributed by atoms with Crippen LogP contribution in [-0.4, -0.2) is 24.3 Å². The van der Waals surface area contributed by atoms with Gasteiger partial charge in [-0.2, -0.15) is 0 Å². The van der Waals surface area contributed by atoms with Crippen molar-refractivity contribution in [2.75, 3.05) is 0 Å². The second-order valence-corrected chi connectivity index (χ2v) is 4.87. The fraction of sp³-hybridized carbons (Fsp3) is 1.00. The molecular weight excluding hydrogens is 216 g/mol. The Labute approximate surface area is 107 Å². The molecule has 0 aromatic carbocycles. The molecule has 0 bridgehead atoms. The molecule has 0 fully saturated rings. The minimum Gasteiger partial charge on any atom is -0.325 e. The molecule has 0 saturated heterocycles. The zero-order valence-electron chi connectivity index (χ0n) is 12.6. The van der Waals surface area contributed by atoms with Gasteiger partial charge in [0.1, 0.15) is 0 Å². The molecule has 0 heterocycles. The van der Waals surface area contributed by atoms with Crippen LogP contribution < -0.4 is 0 Å². The number of hydrogen-bond acceptors (Lipinski definition) is 3. The fourth-order valence-corrected chi connectivity index (χ4v) is 1.43. The summed E-state index contributed by atoms with van der Waals surface area (Å²) in [6.45, 7) is 14.3. The number of ether oxygens (including phenoxy) is 3. The normalized spacial score (nSPS) is 20.6. The van der Waals surface area contributed by atoms with Crippen molar-refractivity contribution in [1.29, 1.82) is 0 Å². The van der Waals surface area contributed by atoms with Gasteiger partial charge in [0.15, 0.2) is 0 Å². The molecule has 0 amide bonds. The SMILES string of the molecule is CCC(C)OC(C)(OC(C)CC)OC(C)CC. The summed E-state index contributed by atoms with van der Waals surface area (Å²) >= 11 is 0. The largest absolute Gasteiger partial charge is 0.325 e. The molecule has 3 nitrogen and oxygen atoms in total. The molecule has 0 N–H and O–H groups in total. The Kier molecular flexibility index (Phi) is 8.01. The Balaban J connectivity index is 4.55. The van der Waals surface area contributed by atoms with Crippen LogP contribution in [0.2, 0.25) is 0 Å². The number of hydrogen-bond donors (Lipinski definition) is 0. The average Bonchev–Trinajstić information content (AvgIpc) is 2.27. The van der Waals surface area contributed by atoms with E-state index >= 15 is 0 Å². The quantitative estimate of drug-likeness (QED) is 0.573.